The molecule has 0 bridgehead atoms. The summed E-state index contributed by atoms with van der Waals surface area (Å²) in [6, 6.07) is 10.3. The number of phenolic OH excluding ortho intramolecular Hbond substituents is 1. The van der Waals surface area contributed by atoms with Crippen molar-refractivity contribution in [2.75, 3.05) is 13.1 Å². The summed E-state index contributed by atoms with van der Waals surface area (Å²) >= 11 is 0. The number of carbonyl (C=O) groups is 2. The van der Waals surface area contributed by atoms with E-state index in [9.17, 15) is 29.3 Å². The molecule has 0 aliphatic carbocycles. The highest BCUT2D eigenvalue weighted by Crippen LogP contribution is 2.36. The van der Waals surface area contributed by atoms with Crippen molar-refractivity contribution in [1.82, 2.24) is 5.32 Å². The molecule has 3 rings (SSSR count). The molecule has 1 fully saturated rings. The standard InChI is InChI=1S/C22H24FNO5/c1-12-15(6-3-7-19(12)23)20(26)9-16-17(10-24-11-18(16)22(28)29)21(27)13-4-2-5-14(25)8-13/h2-8,16-18,20,24-26H,9-11H2,1H3,(H,28,29)/t16-,17+,18-,20?/m1/s1. The van der Waals surface area contributed by atoms with Gasteiger partial charge in [0.15, 0.2) is 5.78 Å². The highest BCUT2D eigenvalue weighted by Gasteiger charge is 2.42. The lowest BCUT2D eigenvalue weighted by atomic mass is 9.71. The molecule has 1 unspecified atom stereocenters. The molecule has 1 aliphatic rings. The summed E-state index contributed by atoms with van der Waals surface area (Å²) in [6.45, 7) is 2.00. The van der Waals surface area contributed by atoms with Gasteiger partial charge in [0.1, 0.15) is 11.6 Å². The maximum absolute atomic E-state index is 13.9. The third-order valence-electron chi connectivity index (χ3n) is 5.71. The highest BCUT2D eigenvalue weighted by atomic mass is 19.1. The van der Waals surface area contributed by atoms with Gasteiger partial charge in [-0.25, -0.2) is 4.39 Å². The van der Waals surface area contributed by atoms with Crippen LogP contribution in [0.4, 0.5) is 4.39 Å². The Hall–Kier alpha value is -2.77. The maximum atomic E-state index is 13.9. The topological polar surface area (TPSA) is 107 Å². The minimum absolute atomic E-state index is 0.0121. The zero-order valence-electron chi connectivity index (χ0n) is 16.0. The van der Waals surface area contributed by atoms with E-state index in [2.05, 4.69) is 5.32 Å². The summed E-state index contributed by atoms with van der Waals surface area (Å²) in [5, 5.41) is 33.1. The van der Waals surface area contributed by atoms with E-state index in [-0.39, 0.29) is 36.6 Å². The van der Waals surface area contributed by atoms with Gasteiger partial charge in [-0.2, -0.15) is 0 Å². The molecule has 1 aliphatic heterocycles. The van der Waals surface area contributed by atoms with Crippen LogP contribution in [0.2, 0.25) is 0 Å². The number of Topliss-reactive ketones (excluding diaryl/α,β-unsaturated/α-hetero) is 1. The number of nitrogens with one attached hydrogen (secondary N) is 1. The zero-order valence-corrected chi connectivity index (χ0v) is 16.0. The molecule has 0 aromatic heterocycles. The van der Waals surface area contributed by atoms with E-state index in [4.69, 9.17) is 0 Å². The number of aliphatic hydroxyl groups excluding tert-OH is 1. The molecule has 154 valence electrons. The Bertz CT molecular complexity index is 916. The Morgan fingerprint density at radius 3 is 2.55 bits per heavy atom. The molecule has 4 atom stereocenters. The fraction of sp³-hybridized carbons (Fsp3) is 0.364. The summed E-state index contributed by atoms with van der Waals surface area (Å²) < 4.78 is 13.9. The van der Waals surface area contributed by atoms with Gasteiger partial charge < -0.3 is 20.6 Å². The number of carboxylic acid groups (broad SMARTS) is 1. The monoisotopic (exact) mass is 401 g/mol. The van der Waals surface area contributed by atoms with Crippen molar-refractivity contribution in [1.29, 1.82) is 0 Å². The molecule has 2 aromatic carbocycles. The largest absolute Gasteiger partial charge is 0.508 e. The number of aromatic hydroxyl groups is 1. The minimum Gasteiger partial charge on any atom is -0.508 e. The number of carbonyl (C=O) groups excluding carboxylic acids is 1. The number of phenols is 1. The van der Waals surface area contributed by atoms with Gasteiger partial charge in [-0.15, -0.1) is 0 Å². The smallest absolute Gasteiger partial charge is 0.308 e. The lowest BCUT2D eigenvalue weighted by molar-refractivity contribution is -0.145. The summed E-state index contributed by atoms with van der Waals surface area (Å²) in [4.78, 5) is 24.9. The molecule has 0 spiro atoms. The molecule has 0 amide bonds. The van der Waals surface area contributed by atoms with E-state index in [0.717, 1.165) is 0 Å². The van der Waals surface area contributed by atoms with E-state index < -0.39 is 35.6 Å². The van der Waals surface area contributed by atoms with Crippen LogP contribution in [-0.2, 0) is 4.79 Å². The van der Waals surface area contributed by atoms with Crippen molar-refractivity contribution in [2.24, 2.45) is 17.8 Å². The number of hydrogen-bond donors (Lipinski definition) is 4. The van der Waals surface area contributed by atoms with Gasteiger partial charge >= 0.3 is 5.97 Å². The highest BCUT2D eigenvalue weighted by molar-refractivity contribution is 5.99. The van der Waals surface area contributed by atoms with Gasteiger partial charge in [0.2, 0.25) is 0 Å². The fourth-order valence-electron chi connectivity index (χ4n) is 4.11. The Morgan fingerprint density at radius 2 is 1.86 bits per heavy atom. The van der Waals surface area contributed by atoms with Crippen molar-refractivity contribution in [3.05, 3.63) is 65.0 Å². The number of halogens is 1. The number of rotatable bonds is 6. The van der Waals surface area contributed by atoms with E-state index in [1.165, 1.54) is 24.3 Å². The lowest BCUT2D eigenvalue weighted by Crippen LogP contribution is -2.49. The maximum Gasteiger partial charge on any atom is 0.308 e. The Labute approximate surface area is 168 Å². The number of hydrogen-bond acceptors (Lipinski definition) is 5. The van der Waals surface area contributed by atoms with Crippen molar-refractivity contribution in [3.8, 4) is 5.75 Å². The molecular weight excluding hydrogens is 377 g/mol. The molecule has 7 heteroatoms. The zero-order chi connectivity index (χ0) is 21.1. The second kappa shape index (κ2) is 8.71. The van der Waals surface area contributed by atoms with Gasteiger partial charge in [0.05, 0.1) is 12.0 Å². The van der Waals surface area contributed by atoms with Crippen LogP contribution >= 0.6 is 0 Å². The van der Waals surface area contributed by atoms with E-state index >= 15 is 0 Å². The van der Waals surface area contributed by atoms with Crippen LogP contribution in [-0.4, -0.2) is 40.2 Å². The van der Waals surface area contributed by atoms with Crippen LogP contribution in [0.15, 0.2) is 42.5 Å². The first-order chi connectivity index (χ1) is 13.8. The van der Waals surface area contributed by atoms with Crippen molar-refractivity contribution in [2.45, 2.75) is 19.4 Å². The molecule has 0 radical (unpaired) electrons. The third-order valence-corrected chi connectivity index (χ3v) is 5.71. The number of carboxylic acids is 1. The number of ketones is 1. The summed E-state index contributed by atoms with van der Waals surface area (Å²) in [7, 11) is 0. The number of piperidine rings is 1. The number of aliphatic hydroxyl groups is 1. The van der Waals surface area contributed by atoms with Gasteiger partial charge in [0.25, 0.3) is 0 Å². The first kappa shape index (κ1) is 21.0. The SMILES string of the molecule is Cc1c(F)cccc1C(O)C[C@@H]1[C@@H](C(=O)c2cccc(O)c2)CNC[C@H]1C(=O)O. The first-order valence-corrected chi connectivity index (χ1v) is 9.49. The molecular formula is C22H24FNO5. The predicted octanol–water partition coefficient (Wildman–Crippen LogP) is 2.68. The molecule has 0 saturated carbocycles. The molecule has 1 saturated heterocycles. The van der Waals surface area contributed by atoms with Crippen LogP contribution < -0.4 is 5.32 Å². The van der Waals surface area contributed by atoms with Crippen LogP contribution in [0.1, 0.15) is 34.0 Å². The lowest BCUT2D eigenvalue weighted by Gasteiger charge is -2.37. The van der Waals surface area contributed by atoms with Crippen molar-refractivity contribution < 1.29 is 29.3 Å². The second-order valence-electron chi connectivity index (χ2n) is 7.49. The average Bonchev–Trinajstić information content (AvgIpc) is 2.69. The van der Waals surface area contributed by atoms with Gasteiger partial charge in [-0.05, 0) is 48.6 Å². The van der Waals surface area contributed by atoms with Gasteiger partial charge in [-0.1, -0.05) is 24.3 Å². The third kappa shape index (κ3) is 4.46. The Kier molecular flexibility index (Phi) is 6.30. The van der Waals surface area contributed by atoms with Crippen LogP contribution in [0, 0.1) is 30.5 Å². The molecule has 6 nitrogen and oxygen atoms in total. The number of benzene rings is 2. The van der Waals surface area contributed by atoms with Crippen LogP contribution in [0.25, 0.3) is 0 Å². The van der Waals surface area contributed by atoms with Crippen LogP contribution in [0.5, 0.6) is 5.75 Å². The molecule has 4 N–H and O–H groups in total. The van der Waals surface area contributed by atoms with Gasteiger partial charge in [0, 0.05) is 24.6 Å². The fourth-order valence-corrected chi connectivity index (χ4v) is 4.11. The Morgan fingerprint density at radius 1 is 1.17 bits per heavy atom. The quantitative estimate of drug-likeness (QED) is 0.555. The normalized spacial score (nSPS) is 22.8. The molecule has 1 heterocycles. The van der Waals surface area contributed by atoms with Crippen molar-refractivity contribution in [3.63, 3.8) is 0 Å². The van der Waals surface area contributed by atoms with E-state index in [1.54, 1.807) is 25.1 Å². The summed E-state index contributed by atoms with van der Waals surface area (Å²) in [6.07, 6.45) is -1.09. The molecule has 2 aromatic rings. The van der Waals surface area contributed by atoms with Gasteiger partial charge in [-0.3, -0.25) is 9.59 Å². The predicted molar refractivity (Wildman–Crippen MR) is 104 cm³/mol. The van der Waals surface area contributed by atoms with Crippen LogP contribution in [0.3, 0.4) is 0 Å². The summed E-state index contributed by atoms with van der Waals surface area (Å²) in [5.74, 6) is -4.09. The minimum atomic E-state index is -1.10. The Balaban J connectivity index is 1.91. The summed E-state index contributed by atoms with van der Waals surface area (Å²) in [5.41, 5.74) is 0.970. The van der Waals surface area contributed by atoms with E-state index in [1.807, 2.05) is 0 Å². The van der Waals surface area contributed by atoms with E-state index in [0.29, 0.717) is 11.1 Å². The van der Waals surface area contributed by atoms with Crippen molar-refractivity contribution >= 4 is 11.8 Å². The second-order valence-corrected chi connectivity index (χ2v) is 7.49. The average molecular weight is 401 g/mol. The number of aliphatic carboxylic acids is 1. The molecule has 29 heavy (non-hydrogen) atoms. The first-order valence-electron chi connectivity index (χ1n) is 9.49.